The fourth-order valence-corrected chi connectivity index (χ4v) is 3.47. The lowest BCUT2D eigenvalue weighted by atomic mass is 10.0. The van der Waals surface area contributed by atoms with Crippen molar-refractivity contribution in [3.8, 4) is 11.1 Å². The molecule has 0 radical (unpaired) electrons. The summed E-state index contributed by atoms with van der Waals surface area (Å²) in [5.41, 5.74) is 3.68. The SMILES string of the molecule is CSCCC(NC(=O)c1ccccc1)C(=O)OCc1ccc(-c2ccccc2)cc1. The van der Waals surface area contributed by atoms with Gasteiger partial charge in [-0.05, 0) is 47.3 Å². The maximum Gasteiger partial charge on any atom is 0.329 e. The van der Waals surface area contributed by atoms with Gasteiger partial charge in [0.05, 0.1) is 0 Å². The van der Waals surface area contributed by atoms with E-state index >= 15 is 0 Å². The zero-order chi connectivity index (χ0) is 21.2. The quantitative estimate of drug-likeness (QED) is 0.499. The van der Waals surface area contributed by atoms with Gasteiger partial charge >= 0.3 is 5.97 Å². The zero-order valence-corrected chi connectivity index (χ0v) is 17.7. The lowest BCUT2D eigenvalue weighted by Gasteiger charge is -2.17. The standard InChI is InChI=1S/C25H25NO3S/c1-30-17-16-23(26-24(27)22-10-6-3-7-11-22)25(28)29-18-19-12-14-21(15-13-19)20-8-4-2-5-9-20/h2-15,23H,16-18H2,1H3,(H,26,27). The second kappa shape index (κ2) is 11.2. The third-order valence-electron chi connectivity index (χ3n) is 4.68. The van der Waals surface area contributed by atoms with Crippen molar-refractivity contribution in [3.63, 3.8) is 0 Å². The van der Waals surface area contributed by atoms with E-state index in [1.54, 1.807) is 36.0 Å². The maximum absolute atomic E-state index is 12.6. The van der Waals surface area contributed by atoms with E-state index in [1.165, 1.54) is 0 Å². The highest BCUT2D eigenvalue weighted by Crippen LogP contribution is 2.19. The molecule has 1 N–H and O–H groups in total. The van der Waals surface area contributed by atoms with Gasteiger partial charge in [0.2, 0.25) is 0 Å². The lowest BCUT2D eigenvalue weighted by Crippen LogP contribution is -2.42. The summed E-state index contributed by atoms with van der Waals surface area (Å²) in [4.78, 5) is 25.1. The first-order valence-electron chi connectivity index (χ1n) is 9.83. The van der Waals surface area contributed by atoms with Crippen LogP contribution in [0.15, 0.2) is 84.9 Å². The Bertz CT molecular complexity index is 943. The Balaban J connectivity index is 1.59. The van der Waals surface area contributed by atoms with E-state index in [-0.39, 0.29) is 12.5 Å². The number of nitrogens with one attached hydrogen (secondary N) is 1. The number of benzene rings is 3. The van der Waals surface area contributed by atoms with Crippen LogP contribution < -0.4 is 5.32 Å². The van der Waals surface area contributed by atoms with Gasteiger partial charge in [0.15, 0.2) is 0 Å². The minimum Gasteiger partial charge on any atom is -0.459 e. The minimum atomic E-state index is -0.672. The van der Waals surface area contributed by atoms with Crippen LogP contribution in [0.1, 0.15) is 22.3 Å². The van der Waals surface area contributed by atoms with Crippen LogP contribution in [0.5, 0.6) is 0 Å². The number of thioether (sulfide) groups is 1. The van der Waals surface area contributed by atoms with E-state index in [0.29, 0.717) is 12.0 Å². The number of amides is 1. The number of esters is 1. The first-order valence-corrected chi connectivity index (χ1v) is 11.2. The van der Waals surface area contributed by atoms with Crippen molar-refractivity contribution in [2.75, 3.05) is 12.0 Å². The molecule has 1 atom stereocenters. The van der Waals surface area contributed by atoms with Gasteiger partial charge in [-0.3, -0.25) is 4.79 Å². The van der Waals surface area contributed by atoms with Crippen LogP contribution in [-0.2, 0) is 16.1 Å². The Labute approximate surface area is 181 Å². The average Bonchev–Trinajstić information content (AvgIpc) is 2.81. The smallest absolute Gasteiger partial charge is 0.329 e. The van der Waals surface area contributed by atoms with Gasteiger partial charge < -0.3 is 10.1 Å². The molecule has 0 aliphatic heterocycles. The fourth-order valence-electron chi connectivity index (χ4n) is 2.99. The molecule has 0 heterocycles. The number of carbonyl (C=O) groups is 2. The first-order chi connectivity index (χ1) is 14.7. The van der Waals surface area contributed by atoms with E-state index in [0.717, 1.165) is 22.4 Å². The third kappa shape index (κ3) is 6.22. The largest absolute Gasteiger partial charge is 0.459 e. The summed E-state index contributed by atoms with van der Waals surface area (Å²) < 4.78 is 5.51. The summed E-state index contributed by atoms with van der Waals surface area (Å²) in [6.45, 7) is 0.172. The van der Waals surface area contributed by atoms with Gasteiger partial charge in [-0.15, -0.1) is 0 Å². The molecule has 0 saturated heterocycles. The number of ether oxygens (including phenoxy) is 1. The highest BCUT2D eigenvalue weighted by Gasteiger charge is 2.22. The molecule has 30 heavy (non-hydrogen) atoms. The first kappa shape index (κ1) is 21.7. The maximum atomic E-state index is 12.6. The highest BCUT2D eigenvalue weighted by atomic mass is 32.2. The molecule has 3 aromatic rings. The molecule has 1 unspecified atom stereocenters. The van der Waals surface area contributed by atoms with Crippen molar-refractivity contribution in [2.24, 2.45) is 0 Å². The molecule has 0 fully saturated rings. The van der Waals surface area contributed by atoms with Crippen LogP contribution in [0.4, 0.5) is 0 Å². The minimum absolute atomic E-state index is 0.172. The summed E-state index contributed by atoms with van der Waals surface area (Å²) in [6.07, 6.45) is 2.49. The molecule has 0 aliphatic rings. The molecule has 0 bridgehead atoms. The van der Waals surface area contributed by atoms with Crippen molar-refractivity contribution in [3.05, 3.63) is 96.1 Å². The average molecular weight is 420 g/mol. The van der Waals surface area contributed by atoms with Gasteiger partial charge in [0.25, 0.3) is 5.91 Å². The Morgan fingerprint density at radius 2 is 1.47 bits per heavy atom. The second-order valence-corrected chi connectivity index (χ2v) is 7.83. The molecule has 4 nitrogen and oxygen atoms in total. The van der Waals surface area contributed by atoms with E-state index in [2.05, 4.69) is 17.4 Å². The molecule has 5 heteroatoms. The van der Waals surface area contributed by atoms with Crippen molar-refractivity contribution >= 4 is 23.6 Å². The van der Waals surface area contributed by atoms with Crippen LogP contribution in [0.25, 0.3) is 11.1 Å². The summed E-state index contributed by atoms with van der Waals surface area (Å²) in [5, 5.41) is 2.81. The van der Waals surface area contributed by atoms with Crippen LogP contribution in [0.3, 0.4) is 0 Å². The fraction of sp³-hybridized carbons (Fsp3) is 0.200. The molecule has 3 aromatic carbocycles. The van der Waals surface area contributed by atoms with Gasteiger partial charge in [0.1, 0.15) is 12.6 Å². The van der Waals surface area contributed by atoms with E-state index in [9.17, 15) is 9.59 Å². The molecular weight excluding hydrogens is 394 g/mol. The summed E-state index contributed by atoms with van der Waals surface area (Å²) >= 11 is 1.63. The molecule has 0 aromatic heterocycles. The Kier molecular flexibility index (Phi) is 8.10. The zero-order valence-electron chi connectivity index (χ0n) is 16.9. The van der Waals surface area contributed by atoms with Crippen molar-refractivity contribution in [1.29, 1.82) is 0 Å². The van der Waals surface area contributed by atoms with Gasteiger partial charge in [0, 0.05) is 5.56 Å². The number of hydrogen-bond donors (Lipinski definition) is 1. The molecule has 0 saturated carbocycles. The predicted octanol–water partition coefficient (Wildman–Crippen LogP) is 4.95. The predicted molar refractivity (Wildman–Crippen MR) is 122 cm³/mol. The van der Waals surface area contributed by atoms with Gasteiger partial charge in [-0.2, -0.15) is 11.8 Å². The lowest BCUT2D eigenvalue weighted by molar-refractivity contribution is -0.147. The monoisotopic (exact) mass is 419 g/mol. The summed E-state index contributed by atoms with van der Waals surface area (Å²) in [6, 6.07) is 26.3. The van der Waals surface area contributed by atoms with Crippen LogP contribution >= 0.6 is 11.8 Å². The van der Waals surface area contributed by atoms with Gasteiger partial charge in [-0.1, -0.05) is 72.8 Å². The van der Waals surface area contributed by atoms with Crippen molar-refractivity contribution < 1.29 is 14.3 Å². The number of hydrogen-bond acceptors (Lipinski definition) is 4. The molecule has 154 valence electrons. The van der Waals surface area contributed by atoms with Crippen molar-refractivity contribution in [1.82, 2.24) is 5.32 Å². The highest BCUT2D eigenvalue weighted by molar-refractivity contribution is 7.98. The molecule has 0 spiro atoms. The van der Waals surface area contributed by atoms with E-state index in [1.807, 2.05) is 54.8 Å². The summed E-state index contributed by atoms with van der Waals surface area (Å²) in [5.74, 6) is 0.0620. The normalized spacial score (nSPS) is 11.5. The Morgan fingerprint density at radius 3 is 2.10 bits per heavy atom. The van der Waals surface area contributed by atoms with Gasteiger partial charge in [-0.25, -0.2) is 4.79 Å². The second-order valence-electron chi connectivity index (χ2n) is 6.84. The van der Waals surface area contributed by atoms with E-state index < -0.39 is 12.0 Å². The number of carbonyl (C=O) groups excluding carboxylic acids is 2. The Morgan fingerprint density at radius 1 is 0.867 bits per heavy atom. The summed E-state index contributed by atoms with van der Waals surface area (Å²) in [7, 11) is 0. The third-order valence-corrected chi connectivity index (χ3v) is 5.32. The molecular formula is C25H25NO3S. The molecule has 0 aliphatic carbocycles. The van der Waals surface area contributed by atoms with Crippen LogP contribution in [0, 0.1) is 0 Å². The topological polar surface area (TPSA) is 55.4 Å². The number of rotatable bonds is 9. The van der Waals surface area contributed by atoms with Crippen LogP contribution in [0.2, 0.25) is 0 Å². The molecule has 1 amide bonds. The van der Waals surface area contributed by atoms with Crippen LogP contribution in [-0.4, -0.2) is 29.9 Å². The van der Waals surface area contributed by atoms with E-state index in [4.69, 9.17) is 4.74 Å². The molecule has 3 rings (SSSR count). The van der Waals surface area contributed by atoms with Crippen molar-refractivity contribution in [2.45, 2.75) is 19.1 Å². The Hall–Kier alpha value is -3.05.